The third-order valence-electron chi connectivity index (χ3n) is 14.7. The maximum Gasteiger partial charge on any atom is 0.490 e. The number of amides is 1. The normalized spacial score (nSPS) is 21.1. The number of carbonyl (C=O) groups is 2. The van der Waals surface area contributed by atoms with Gasteiger partial charge >= 0.3 is 29.4 Å². The number of anilines is 2. The fourth-order valence-corrected chi connectivity index (χ4v) is 16.7. The standard InChI is InChI=1S/C49H57N8O17P3S2/c1-49(2,79-78-25-69-35-21-37(57-24-52-39-44(57)53-48(50)54-46(39)59)71-36(35)22-70-76(64,65)74-77(66,67)73-75(61,62)63)23-51-45(58)28-12-13-29(32(20-28)47(60)68-3)38-33-18-26-8-4-14-55-16-6-10-30(40(26)55)42(33)72-43-31-11-7-17-56-15-5-9-27(41(31)56)19-34(38)43/h12-13,18-20,24,35-37H,4-11,14-17,21-23,25H2,1-3H3,(H7-,50,51,53,54,58,59,61,62,63,64,65,66,67)/p+1/t35-,36-,37-/m1/s1. The van der Waals surface area contributed by atoms with Crippen LogP contribution < -0.4 is 41.4 Å². The van der Waals surface area contributed by atoms with Crippen LogP contribution in [0.1, 0.15) is 106 Å². The second-order valence-corrected chi connectivity index (χ2v) is 28.0. The summed E-state index contributed by atoms with van der Waals surface area (Å²) in [7, 11) is -13.0. The van der Waals surface area contributed by atoms with E-state index in [1.807, 2.05) is 19.9 Å². The molecule has 1 amide bonds. The molecular weight excluding hydrogens is 1130 g/mol. The van der Waals surface area contributed by atoms with Crippen LogP contribution in [-0.4, -0.2) is 120 Å². The molecule has 422 valence electrons. The van der Waals surface area contributed by atoms with Gasteiger partial charge in [-0.05, 0) is 87.8 Å². The number of ether oxygens (including phenoxy) is 4. The third-order valence-corrected chi connectivity index (χ3v) is 21.4. The average molecular weight is 1190 g/mol. The predicted octanol–water partition coefficient (Wildman–Crippen LogP) is 4.49. The van der Waals surface area contributed by atoms with Crippen LogP contribution in [-0.2, 0) is 66.7 Å². The van der Waals surface area contributed by atoms with Gasteiger partial charge in [-0.25, -0.2) is 28.0 Å². The lowest BCUT2D eigenvalue weighted by Gasteiger charge is -2.39. The lowest BCUT2D eigenvalue weighted by atomic mass is 9.81. The number of fused-ring (bicyclic) bond motifs is 5. The molecule has 1 saturated heterocycles. The number of benzene rings is 3. The van der Waals surface area contributed by atoms with Crippen LogP contribution >= 0.6 is 45.1 Å². The molecule has 2 aromatic heterocycles. The van der Waals surface area contributed by atoms with Crippen molar-refractivity contribution in [3.8, 4) is 11.5 Å². The molecule has 6 aliphatic heterocycles. The Bertz CT molecular complexity index is 3680. The van der Waals surface area contributed by atoms with E-state index in [-0.39, 0.29) is 47.1 Å². The summed E-state index contributed by atoms with van der Waals surface area (Å²) in [6, 6.07) is 9.72. The molecule has 3 aromatic carbocycles. The van der Waals surface area contributed by atoms with Crippen LogP contribution in [0.4, 0.5) is 11.6 Å². The van der Waals surface area contributed by atoms with Gasteiger partial charge < -0.3 is 54.5 Å². The number of nitrogens with zero attached hydrogens (tertiary/aromatic N) is 5. The summed E-state index contributed by atoms with van der Waals surface area (Å²) in [5, 5.41) is 5.25. The third kappa shape index (κ3) is 11.5. The van der Waals surface area contributed by atoms with Crippen molar-refractivity contribution < 1.29 is 75.0 Å². The van der Waals surface area contributed by atoms with Gasteiger partial charge in [-0.2, -0.15) is 13.6 Å². The van der Waals surface area contributed by atoms with Crippen molar-refractivity contribution in [3.05, 3.63) is 102 Å². The maximum absolute atomic E-state index is 14.1. The monoisotopic (exact) mass is 1190 g/mol. The van der Waals surface area contributed by atoms with Crippen molar-refractivity contribution in [2.45, 2.75) is 94.8 Å². The number of hydrogen-bond acceptors (Lipinski definition) is 19. The van der Waals surface area contributed by atoms with Gasteiger partial charge in [0.2, 0.25) is 11.3 Å². The number of nitrogens with two attached hydrogens (primary N) is 1. The number of aromatic amines is 1. The van der Waals surface area contributed by atoms with E-state index in [4.69, 9.17) is 39.0 Å². The number of aryl methyl sites for hydroxylation is 2. The van der Waals surface area contributed by atoms with Gasteiger partial charge in [0.1, 0.15) is 42.9 Å². The summed E-state index contributed by atoms with van der Waals surface area (Å²) in [6.07, 6.45) is 5.96. The molecular formula is C49H58N8O17P3S2+. The summed E-state index contributed by atoms with van der Waals surface area (Å²) in [4.78, 5) is 91.5. The second-order valence-electron chi connectivity index (χ2n) is 20.6. The van der Waals surface area contributed by atoms with E-state index in [0.29, 0.717) is 5.56 Å². The van der Waals surface area contributed by atoms with Crippen molar-refractivity contribution >= 4 is 85.3 Å². The van der Waals surface area contributed by atoms with Crippen LogP contribution in [0.3, 0.4) is 0 Å². The zero-order valence-electron chi connectivity index (χ0n) is 43.1. The van der Waals surface area contributed by atoms with Crippen molar-refractivity contribution in [3.63, 3.8) is 0 Å². The molecule has 2 unspecified atom stereocenters. The maximum atomic E-state index is 14.1. The Balaban J connectivity index is 0.809. The highest BCUT2D eigenvalue weighted by Crippen LogP contribution is 2.66. The Morgan fingerprint density at radius 3 is 2.47 bits per heavy atom. The predicted molar refractivity (Wildman–Crippen MR) is 290 cm³/mol. The molecule has 6 aliphatic rings. The molecule has 0 aliphatic carbocycles. The Morgan fingerprint density at radius 2 is 1.70 bits per heavy atom. The molecule has 0 bridgehead atoms. The number of carbonyl (C=O) groups excluding carboxylic acids is 2. The molecule has 8 heterocycles. The molecule has 25 nitrogen and oxygen atoms in total. The van der Waals surface area contributed by atoms with Gasteiger partial charge in [0.25, 0.3) is 11.5 Å². The van der Waals surface area contributed by atoms with E-state index in [2.05, 4.69) is 50.5 Å². The number of phosphoric ester groups is 1. The van der Waals surface area contributed by atoms with E-state index >= 15 is 0 Å². The Kier molecular flexibility index (Phi) is 15.4. The number of methoxy groups -OCH3 is 1. The molecule has 0 radical (unpaired) electrons. The van der Waals surface area contributed by atoms with Crippen molar-refractivity contribution in [1.82, 2.24) is 29.4 Å². The highest BCUT2D eigenvalue weighted by molar-refractivity contribution is 8.77. The molecule has 1 fully saturated rings. The van der Waals surface area contributed by atoms with Crippen molar-refractivity contribution in [2.24, 2.45) is 0 Å². The van der Waals surface area contributed by atoms with Gasteiger partial charge in [-0.15, -0.1) is 0 Å². The lowest BCUT2D eigenvalue weighted by Crippen LogP contribution is -2.45. The van der Waals surface area contributed by atoms with Crippen molar-refractivity contribution in [2.75, 3.05) is 63.0 Å². The Labute approximate surface area is 459 Å². The highest BCUT2D eigenvalue weighted by Gasteiger charge is 2.44. The van der Waals surface area contributed by atoms with Crippen LogP contribution in [0.15, 0.2) is 41.5 Å². The van der Waals surface area contributed by atoms with Crippen LogP contribution in [0, 0.1) is 0 Å². The minimum Gasteiger partial charge on any atom is -0.465 e. The number of imidazole rings is 1. The number of H-pyrrole nitrogens is 1. The molecule has 5 atom stereocenters. The first-order valence-corrected chi connectivity index (χ1v) is 32.4. The number of nitrogens with one attached hydrogen (secondary N) is 2. The van der Waals surface area contributed by atoms with E-state index in [1.54, 1.807) is 12.1 Å². The lowest BCUT2D eigenvalue weighted by molar-refractivity contribution is -0.0522. The number of hydrogen-bond donors (Lipinski definition) is 7. The quantitative estimate of drug-likeness (QED) is 0.0156. The molecule has 0 spiro atoms. The summed E-state index contributed by atoms with van der Waals surface area (Å²) in [6.45, 7) is 7.19. The summed E-state index contributed by atoms with van der Waals surface area (Å²) in [5.74, 6) is 0.462. The minimum atomic E-state index is -5.81. The molecule has 8 N–H and O–H groups in total. The van der Waals surface area contributed by atoms with Gasteiger partial charge in [0.15, 0.2) is 11.2 Å². The zero-order chi connectivity index (χ0) is 55.8. The van der Waals surface area contributed by atoms with E-state index in [0.717, 1.165) is 105 Å². The second kappa shape index (κ2) is 21.7. The largest absolute Gasteiger partial charge is 0.490 e. The first-order chi connectivity index (χ1) is 37.6. The minimum absolute atomic E-state index is 0.0186. The van der Waals surface area contributed by atoms with Gasteiger partial charge in [0, 0.05) is 82.4 Å². The molecule has 11 rings (SSSR count). The fraction of sp³-hybridized carbons (Fsp3) is 0.469. The van der Waals surface area contributed by atoms with Gasteiger partial charge in [0.05, 0.1) is 37.3 Å². The average Bonchev–Trinajstić information content (AvgIpc) is 4.16. The molecule has 30 heteroatoms. The van der Waals surface area contributed by atoms with Crippen LogP contribution in [0.5, 0.6) is 11.5 Å². The topological polar surface area (TPSA) is 339 Å². The summed E-state index contributed by atoms with van der Waals surface area (Å²) in [5.41, 5.74) is 14.4. The smallest absolute Gasteiger partial charge is 0.465 e. The van der Waals surface area contributed by atoms with E-state index in [9.17, 15) is 37.9 Å². The molecule has 5 aromatic rings. The summed E-state index contributed by atoms with van der Waals surface area (Å²) < 4.78 is 76.6. The number of nitrogen functional groups attached to an aromatic ring is 1. The molecule has 0 saturated carbocycles. The van der Waals surface area contributed by atoms with E-state index in [1.165, 1.54) is 72.9 Å². The zero-order valence-corrected chi connectivity index (χ0v) is 47.4. The first kappa shape index (κ1) is 55.9. The van der Waals surface area contributed by atoms with E-state index < -0.39 is 70.7 Å². The summed E-state index contributed by atoms with van der Waals surface area (Å²) >= 11 is 0. The first-order valence-electron chi connectivity index (χ1n) is 25.6. The Hall–Kier alpha value is -4.95. The number of esters is 1. The Morgan fingerprint density at radius 1 is 0.949 bits per heavy atom. The van der Waals surface area contributed by atoms with Crippen LogP contribution in [0.2, 0.25) is 0 Å². The molecule has 79 heavy (non-hydrogen) atoms. The number of aromatic nitrogens is 4. The van der Waals surface area contributed by atoms with Gasteiger partial charge in [-0.1, -0.05) is 27.7 Å². The van der Waals surface area contributed by atoms with Crippen LogP contribution in [0.25, 0.3) is 16.7 Å². The number of rotatable bonds is 18. The van der Waals surface area contributed by atoms with Gasteiger partial charge in [-0.3, -0.25) is 23.7 Å². The van der Waals surface area contributed by atoms with Crippen molar-refractivity contribution in [1.29, 1.82) is 0 Å². The number of phosphoric acid groups is 3. The fourth-order valence-electron chi connectivity index (χ4n) is 11.5. The SMILES string of the molecule is COC(=O)c1cc(C(=O)NCC(C)(C)SSCO[C@@H]2C[C@H](n3cnc4c(=O)[nH]c(N)nc43)O[C@@H]2COP(=O)(O)OP(=O)(O)OP(=O)(O)O)ccc1C1=c2cc3c4c(c2Oc2c1cc1c5c2CCCN5CCC1)CCC[N+]=4CCC3. The highest BCUT2D eigenvalue weighted by atomic mass is 33.1.